The van der Waals surface area contributed by atoms with Gasteiger partial charge in [-0.15, -0.1) is 0 Å². The van der Waals surface area contributed by atoms with Crippen molar-refractivity contribution in [2.45, 2.75) is 26.9 Å². The molecule has 0 aliphatic carbocycles. The van der Waals surface area contributed by atoms with Crippen LogP contribution in [-0.4, -0.2) is 23.8 Å². The predicted octanol–water partition coefficient (Wildman–Crippen LogP) is 5.02. The zero-order valence-corrected chi connectivity index (χ0v) is 16.6. The number of rotatable bonds is 6. The molecule has 0 bridgehead atoms. The molecule has 0 fully saturated rings. The molecule has 27 heavy (non-hydrogen) atoms. The zero-order valence-electron chi connectivity index (χ0n) is 15.1. The Kier molecular flexibility index (Phi) is 6.99. The Balaban J connectivity index is 2.04. The van der Waals surface area contributed by atoms with E-state index in [9.17, 15) is 14.4 Å². The van der Waals surface area contributed by atoms with Gasteiger partial charge < -0.3 is 10.1 Å². The summed E-state index contributed by atoms with van der Waals surface area (Å²) in [5.41, 5.74) is 1.08. The van der Waals surface area contributed by atoms with Gasteiger partial charge >= 0.3 is 5.97 Å². The second kappa shape index (κ2) is 9.02. The molecule has 0 aliphatic heterocycles. The molecule has 0 unspecified atom stereocenters. The maximum Gasteiger partial charge on any atom is 0.340 e. The van der Waals surface area contributed by atoms with Gasteiger partial charge in [-0.3, -0.25) is 9.59 Å². The molecule has 2 aromatic carbocycles. The van der Waals surface area contributed by atoms with Crippen LogP contribution < -0.4 is 5.32 Å². The molecule has 5 nitrogen and oxygen atoms in total. The van der Waals surface area contributed by atoms with Crippen molar-refractivity contribution in [2.75, 3.05) is 5.32 Å². The molecule has 142 valence electrons. The number of hydrogen-bond acceptors (Lipinski definition) is 4. The number of nitrogens with one attached hydrogen (secondary N) is 1. The van der Waals surface area contributed by atoms with Crippen LogP contribution in [0.3, 0.4) is 0 Å². The summed E-state index contributed by atoms with van der Waals surface area (Å²) in [5, 5.41) is 3.28. The molecule has 0 heterocycles. The smallest absolute Gasteiger partial charge is 0.340 e. The van der Waals surface area contributed by atoms with Crippen molar-refractivity contribution in [3.05, 3.63) is 63.6 Å². The maximum absolute atomic E-state index is 12.5. The van der Waals surface area contributed by atoms with E-state index in [1.165, 1.54) is 25.1 Å². The number of Topliss-reactive ketones (excluding diaryl/α,β-unsaturated/α-hetero) is 1. The second-order valence-corrected chi connectivity index (χ2v) is 7.10. The number of ether oxygens (including phenoxy) is 1. The highest BCUT2D eigenvalue weighted by molar-refractivity contribution is 6.36. The fraction of sp³-hybridized carbons (Fsp3) is 0.250. The van der Waals surface area contributed by atoms with Gasteiger partial charge in [0.15, 0.2) is 6.10 Å². The molecule has 0 saturated carbocycles. The van der Waals surface area contributed by atoms with Gasteiger partial charge in [0.1, 0.15) is 0 Å². The van der Waals surface area contributed by atoms with E-state index in [4.69, 9.17) is 27.9 Å². The first-order chi connectivity index (χ1) is 12.7. The normalized spacial score (nSPS) is 11.8. The van der Waals surface area contributed by atoms with Gasteiger partial charge in [0.2, 0.25) is 11.7 Å². The second-order valence-electron chi connectivity index (χ2n) is 6.26. The van der Waals surface area contributed by atoms with E-state index in [1.807, 2.05) is 0 Å². The van der Waals surface area contributed by atoms with Gasteiger partial charge in [0.05, 0.1) is 10.6 Å². The summed E-state index contributed by atoms with van der Waals surface area (Å²) in [4.78, 5) is 36.4. The van der Waals surface area contributed by atoms with E-state index in [-0.39, 0.29) is 28.2 Å². The van der Waals surface area contributed by atoms with Gasteiger partial charge in [-0.1, -0.05) is 37.0 Å². The lowest BCUT2D eigenvalue weighted by molar-refractivity contribution is -0.118. The Hall–Kier alpha value is -2.37. The van der Waals surface area contributed by atoms with Gasteiger partial charge in [0, 0.05) is 22.2 Å². The average molecular weight is 408 g/mol. The molecule has 1 amide bonds. The number of anilines is 1. The molecule has 7 heteroatoms. The van der Waals surface area contributed by atoms with Gasteiger partial charge in [-0.25, -0.2) is 4.79 Å². The number of carbonyl (C=O) groups excluding carboxylic acids is 3. The highest BCUT2D eigenvalue weighted by Crippen LogP contribution is 2.22. The summed E-state index contributed by atoms with van der Waals surface area (Å²) in [6, 6.07) is 10.8. The molecule has 2 rings (SSSR count). The average Bonchev–Trinajstić information content (AvgIpc) is 2.61. The molecule has 1 atom stereocenters. The molecule has 0 radical (unpaired) electrons. The summed E-state index contributed by atoms with van der Waals surface area (Å²) in [7, 11) is 0. The van der Waals surface area contributed by atoms with Crippen LogP contribution in [0.25, 0.3) is 0 Å². The summed E-state index contributed by atoms with van der Waals surface area (Å²) < 4.78 is 5.21. The van der Waals surface area contributed by atoms with Crippen molar-refractivity contribution in [1.82, 2.24) is 0 Å². The number of amides is 1. The largest absolute Gasteiger partial charge is 0.451 e. The monoisotopic (exact) mass is 407 g/mol. The van der Waals surface area contributed by atoms with Gasteiger partial charge in [-0.2, -0.15) is 0 Å². The van der Waals surface area contributed by atoms with Crippen LogP contribution >= 0.6 is 23.2 Å². The number of ketones is 1. The third kappa shape index (κ3) is 5.55. The first kappa shape index (κ1) is 20.9. The lowest BCUT2D eigenvalue weighted by Crippen LogP contribution is -2.24. The number of hydrogen-bond donors (Lipinski definition) is 1. The van der Waals surface area contributed by atoms with Crippen LogP contribution in [0.1, 0.15) is 41.5 Å². The number of benzene rings is 2. The Labute approximate surface area is 167 Å². The fourth-order valence-electron chi connectivity index (χ4n) is 2.17. The minimum absolute atomic E-state index is 0.115. The van der Waals surface area contributed by atoms with Crippen LogP contribution in [-0.2, 0) is 9.53 Å². The number of esters is 1. The molecule has 0 spiro atoms. The number of carbonyl (C=O) groups is 3. The fourth-order valence-corrected chi connectivity index (χ4v) is 2.66. The summed E-state index contributed by atoms with van der Waals surface area (Å²) in [6.07, 6.45) is -1.000. The summed E-state index contributed by atoms with van der Waals surface area (Å²) >= 11 is 11.8. The van der Waals surface area contributed by atoms with E-state index < -0.39 is 12.1 Å². The van der Waals surface area contributed by atoms with Crippen molar-refractivity contribution in [2.24, 2.45) is 5.92 Å². The molecule has 0 aromatic heterocycles. The van der Waals surface area contributed by atoms with Gasteiger partial charge in [-0.05, 0) is 49.4 Å². The molecular formula is C20H19Cl2NO4. The van der Waals surface area contributed by atoms with Crippen molar-refractivity contribution in [1.29, 1.82) is 0 Å². The topological polar surface area (TPSA) is 72.5 Å². The molecule has 0 aliphatic rings. The van der Waals surface area contributed by atoms with E-state index in [0.717, 1.165) is 0 Å². The minimum Gasteiger partial charge on any atom is -0.451 e. The van der Waals surface area contributed by atoms with Crippen molar-refractivity contribution in [3.63, 3.8) is 0 Å². The molecule has 0 saturated heterocycles. The Morgan fingerprint density at radius 3 is 2.15 bits per heavy atom. The lowest BCUT2D eigenvalue weighted by atomic mass is 10.1. The van der Waals surface area contributed by atoms with Crippen molar-refractivity contribution >= 4 is 46.5 Å². The van der Waals surface area contributed by atoms with E-state index in [1.54, 1.807) is 38.1 Å². The minimum atomic E-state index is -1.000. The maximum atomic E-state index is 12.5. The first-order valence-electron chi connectivity index (χ1n) is 8.30. The zero-order chi connectivity index (χ0) is 20.1. The standard InChI is InChI=1S/C20H19Cl2NO4/c1-11(2)19(25)23-15-7-4-13(5-8-15)18(24)12(3)27-20(26)16-9-6-14(21)10-17(16)22/h4-12H,1-3H3,(H,23,25)/t12-/m0/s1. The lowest BCUT2D eigenvalue weighted by Gasteiger charge is -2.14. The Morgan fingerprint density at radius 2 is 1.59 bits per heavy atom. The molecule has 1 N–H and O–H groups in total. The summed E-state index contributed by atoms with van der Waals surface area (Å²) in [6.45, 7) is 5.06. The van der Waals surface area contributed by atoms with Crippen LogP contribution in [0.2, 0.25) is 10.0 Å². The highest BCUT2D eigenvalue weighted by Gasteiger charge is 2.22. The van der Waals surface area contributed by atoms with E-state index in [2.05, 4.69) is 5.32 Å². The van der Waals surface area contributed by atoms with Crippen LogP contribution in [0.4, 0.5) is 5.69 Å². The Morgan fingerprint density at radius 1 is 0.963 bits per heavy atom. The van der Waals surface area contributed by atoms with Crippen LogP contribution in [0, 0.1) is 5.92 Å². The quantitative estimate of drug-likeness (QED) is 0.538. The van der Waals surface area contributed by atoms with Crippen molar-refractivity contribution < 1.29 is 19.1 Å². The Bertz CT molecular complexity index is 863. The third-order valence-electron chi connectivity index (χ3n) is 3.77. The third-order valence-corrected chi connectivity index (χ3v) is 4.31. The SMILES string of the molecule is CC(C)C(=O)Nc1ccc(C(=O)[C@H](C)OC(=O)c2ccc(Cl)cc2Cl)cc1. The molecule has 2 aromatic rings. The van der Waals surface area contributed by atoms with E-state index >= 15 is 0 Å². The van der Waals surface area contributed by atoms with Crippen molar-refractivity contribution in [3.8, 4) is 0 Å². The van der Waals surface area contributed by atoms with E-state index in [0.29, 0.717) is 16.3 Å². The molecular weight excluding hydrogens is 389 g/mol. The highest BCUT2D eigenvalue weighted by atomic mass is 35.5. The number of halogens is 2. The first-order valence-corrected chi connectivity index (χ1v) is 9.05. The van der Waals surface area contributed by atoms with Crippen LogP contribution in [0.5, 0.6) is 0 Å². The summed E-state index contributed by atoms with van der Waals surface area (Å²) in [5.74, 6) is -1.34. The van der Waals surface area contributed by atoms with Crippen LogP contribution in [0.15, 0.2) is 42.5 Å². The van der Waals surface area contributed by atoms with Gasteiger partial charge in [0.25, 0.3) is 0 Å². The predicted molar refractivity (Wildman–Crippen MR) is 106 cm³/mol.